The summed E-state index contributed by atoms with van der Waals surface area (Å²) in [4.78, 5) is 21.4. The number of amides is 1. The van der Waals surface area contributed by atoms with Crippen molar-refractivity contribution in [1.29, 1.82) is 0 Å². The predicted molar refractivity (Wildman–Crippen MR) is 145 cm³/mol. The quantitative estimate of drug-likeness (QED) is 0.304. The summed E-state index contributed by atoms with van der Waals surface area (Å²) in [5.74, 6) is 0.833. The molecule has 1 aromatic rings. The first kappa shape index (κ1) is 27.7. The second-order valence-corrected chi connectivity index (χ2v) is 10.3. The summed E-state index contributed by atoms with van der Waals surface area (Å²) in [6.07, 6.45) is 3.80. The number of carbonyl (C=O) groups excluding carboxylic acids is 1. The van der Waals surface area contributed by atoms with Gasteiger partial charge in [0.25, 0.3) is 0 Å². The van der Waals surface area contributed by atoms with Gasteiger partial charge in [-0.2, -0.15) is 0 Å². The van der Waals surface area contributed by atoms with E-state index in [4.69, 9.17) is 4.74 Å². The zero-order valence-corrected chi connectivity index (χ0v) is 23.3. The summed E-state index contributed by atoms with van der Waals surface area (Å²) in [5.41, 5.74) is 0.860. The molecule has 2 aliphatic heterocycles. The van der Waals surface area contributed by atoms with Crippen molar-refractivity contribution in [2.75, 3.05) is 20.6 Å². The van der Waals surface area contributed by atoms with Crippen LogP contribution in [0.5, 0.6) is 0 Å². The minimum atomic E-state index is -0.456. The number of carbonyl (C=O) groups is 1. The van der Waals surface area contributed by atoms with Gasteiger partial charge in [0.2, 0.25) is 0 Å². The lowest BCUT2D eigenvalue weighted by atomic mass is 9.98. The van der Waals surface area contributed by atoms with E-state index in [1.54, 1.807) is 0 Å². The number of guanidine groups is 1. The van der Waals surface area contributed by atoms with Gasteiger partial charge in [0.05, 0.1) is 0 Å². The highest BCUT2D eigenvalue weighted by molar-refractivity contribution is 14.0. The summed E-state index contributed by atoms with van der Waals surface area (Å²) in [7, 11) is 3.97. The van der Waals surface area contributed by atoms with E-state index in [-0.39, 0.29) is 42.2 Å². The van der Waals surface area contributed by atoms with Crippen molar-refractivity contribution < 1.29 is 9.53 Å². The Morgan fingerprint density at radius 3 is 2.36 bits per heavy atom. The molecule has 3 rings (SSSR count). The number of hydrogen-bond acceptors (Lipinski definition) is 4. The summed E-state index contributed by atoms with van der Waals surface area (Å²) in [6.45, 7) is 9.73. The molecule has 2 heterocycles. The van der Waals surface area contributed by atoms with Crippen LogP contribution in [-0.4, -0.2) is 72.3 Å². The molecule has 33 heavy (non-hydrogen) atoms. The molecule has 3 unspecified atom stereocenters. The molecule has 1 aromatic carbocycles. The van der Waals surface area contributed by atoms with Crippen molar-refractivity contribution in [1.82, 2.24) is 20.4 Å². The van der Waals surface area contributed by atoms with E-state index in [9.17, 15) is 4.79 Å². The maximum atomic E-state index is 12.7. The van der Waals surface area contributed by atoms with Gasteiger partial charge in [0.1, 0.15) is 5.60 Å². The van der Waals surface area contributed by atoms with E-state index in [2.05, 4.69) is 58.8 Å². The molecule has 186 valence electrons. The highest BCUT2D eigenvalue weighted by Crippen LogP contribution is 2.36. The van der Waals surface area contributed by atoms with E-state index in [1.165, 1.54) is 5.56 Å². The molecule has 8 heteroatoms. The largest absolute Gasteiger partial charge is 0.444 e. The van der Waals surface area contributed by atoms with Crippen LogP contribution in [0.3, 0.4) is 0 Å². The van der Waals surface area contributed by atoms with Crippen LogP contribution in [0.15, 0.2) is 35.3 Å². The standard InChI is InChI=1S/C25H41N5O2.HI/c1-18(29(6)17-19-10-8-7-9-11-19)16-27-23(26-5)28-20-14-21-12-13-22(15-20)30(21)24(31)32-25(2,3)4;/h7-11,18,20-22H,12-17H2,1-6H3,(H2,26,27,28);1H. The first-order valence-electron chi connectivity index (χ1n) is 11.9. The average molecular weight is 572 g/mol. The van der Waals surface area contributed by atoms with E-state index >= 15 is 0 Å². The van der Waals surface area contributed by atoms with Crippen molar-refractivity contribution >= 4 is 36.0 Å². The number of halogens is 1. The Kier molecular flexibility index (Phi) is 10.3. The van der Waals surface area contributed by atoms with Gasteiger partial charge in [-0.25, -0.2) is 4.79 Å². The molecular formula is C25H42IN5O2. The fourth-order valence-corrected chi connectivity index (χ4v) is 4.72. The molecule has 0 aromatic heterocycles. The summed E-state index contributed by atoms with van der Waals surface area (Å²) in [6, 6.07) is 11.7. The first-order chi connectivity index (χ1) is 15.2. The topological polar surface area (TPSA) is 69.2 Å². The number of nitrogens with one attached hydrogen (secondary N) is 2. The van der Waals surface area contributed by atoms with Crippen LogP contribution in [-0.2, 0) is 11.3 Å². The van der Waals surface area contributed by atoms with Gasteiger partial charge in [0.15, 0.2) is 5.96 Å². The van der Waals surface area contributed by atoms with Gasteiger partial charge in [-0.3, -0.25) is 9.89 Å². The van der Waals surface area contributed by atoms with Crippen LogP contribution in [0.25, 0.3) is 0 Å². The van der Waals surface area contributed by atoms with E-state index in [1.807, 2.05) is 38.8 Å². The highest BCUT2D eigenvalue weighted by Gasteiger charge is 2.45. The van der Waals surface area contributed by atoms with Crippen molar-refractivity contribution in [3.05, 3.63) is 35.9 Å². The second-order valence-electron chi connectivity index (χ2n) is 10.3. The number of rotatable bonds is 6. The lowest BCUT2D eigenvalue weighted by Crippen LogP contribution is -2.55. The van der Waals surface area contributed by atoms with E-state index < -0.39 is 5.60 Å². The lowest BCUT2D eigenvalue weighted by molar-refractivity contribution is 0.00544. The average Bonchev–Trinajstić information content (AvgIpc) is 3.01. The Balaban J connectivity index is 0.00000385. The molecule has 2 aliphatic rings. The Morgan fingerprint density at radius 1 is 1.21 bits per heavy atom. The molecule has 7 nitrogen and oxygen atoms in total. The molecule has 2 bridgehead atoms. The zero-order valence-electron chi connectivity index (χ0n) is 21.0. The minimum Gasteiger partial charge on any atom is -0.444 e. The Hall–Kier alpha value is -1.55. The van der Waals surface area contributed by atoms with Gasteiger partial charge >= 0.3 is 6.09 Å². The number of benzene rings is 1. The molecule has 2 saturated heterocycles. The maximum Gasteiger partial charge on any atom is 0.410 e. The van der Waals surface area contributed by atoms with E-state index in [0.29, 0.717) is 12.1 Å². The number of piperidine rings is 1. The molecule has 2 fully saturated rings. The summed E-state index contributed by atoms with van der Waals surface area (Å²) >= 11 is 0. The molecule has 0 spiro atoms. The predicted octanol–water partition coefficient (Wildman–Crippen LogP) is 4.22. The van der Waals surface area contributed by atoms with Crippen LogP contribution in [0.1, 0.15) is 58.9 Å². The third-order valence-electron chi connectivity index (χ3n) is 6.49. The van der Waals surface area contributed by atoms with Crippen LogP contribution < -0.4 is 10.6 Å². The highest BCUT2D eigenvalue weighted by atomic mass is 127. The number of nitrogens with zero attached hydrogens (tertiary/aromatic N) is 3. The monoisotopic (exact) mass is 571 g/mol. The smallest absolute Gasteiger partial charge is 0.410 e. The number of aliphatic imine (C=N–C) groups is 1. The molecule has 1 amide bonds. The third-order valence-corrected chi connectivity index (χ3v) is 6.49. The Labute approximate surface area is 216 Å². The fraction of sp³-hybridized carbons (Fsp3) is 0.680. The molecule has 0 radical (unpaired) electrons. The third kappa shape index (κ3) is 8.02. The maximum absolute atomic E-state index is 12.7. The molecule has 0 aliphatic carbocycles. The number of hydrogen-bond donors (Lipinski definition) is 2. The normalized spacial score (nSPS) is 23.7. The number of ether oxygens (including phenoxy) is 1. The van der Waals surface area contributed by atoms with Gasteiger partial charge in [-0.1, -0.05) is 30.3 Å². The van der Waals surface area contributed by atoms with Crippen molar-refractivity contribution in [2.24, 2.45) is 4.99 Å². The second kappa shape index (κ2) is 12.2. The summed E-state index contributed by atoms with van der Waals surface area (Å²) < 4.78 is 5.65. The van der Waals surface area contributed by atoms with Gasteiger partial charge in [-0.05, 0) is 66.0 Å². The van der Waals surface area contributed by atoms with Crippen LogP contribution in [0, 0.1) is 0 Å². The number of fused-ring (bicyclic) bond motifs is 2. The van der Waals surface area contributed by atoms with Gasteiger partial charge in [0, 0.05) is 44.3 Å². The van der Waals surface area contributed by atoms with Gasteiger partial charge < -0.3 is 20.3 Å². The van der Waals surface area contributed by atoms with Crippen LogP contribution in [0.2, 0.25) is 0 Å². The van der Waals surface area contributed by atoms with Crippen molar-refractivity contribution in [3.8, 4) is 0 Å². The minimum absolute atomic E-state index is 0. The van der Waals surface area contributed by atoms with Crippen LogP contribution in [0.4, 0.5) is 4.79 Å². The molecule has 0 saturated carbocycles. The molecule has 3 atom stereocenters. The fourth-order valence-electron chi connectivity index (χ4n) is 4.72. The Bertz CT molecular complexity index is 769. The molecule has 2 N–H and O–H groups in total. The zero-order chi connectivity index (χ0) is 23.3. The Morgan fingerprint density at radius 2 is 1.82 bits per heavy atom. The van der Waals surface area contributed by atoms with Crippen molar-refractivity contribution in [3.63, 3.8) is 0 Å². The first-order valence-corrected chi connectivity index (χ1v) is 11.9. The van der Waals surface area contributed by atoms with Crippen LogP contribution >= 0.6 is 24.0 Å². The van der Waals surface area contributed by atoms with Gasteiger partial charge in [-0.15, -0.1) is 24.0 Å². The van der Waals surface area contributed by atoms with Crippen molar-refractivity contribution in [2.45, 2.75) is 89.7 Å². The van der Waals surface area contributed by atoms with E-state index in [0.717, 1.165) is 44.7 Å². The summed E-state index contributed by atoms with van der Waals surface area (Å²) in [5, 5.41) is 7.09. The number of likely N-dealkylation sites (N-methyl/N-ethyl adjacent to an activating group) is 1. The molecular weight excluding hydrogens is 529 g/mol. The lowest BCUT2D eigenvalue weighted by Gasteiger charge is -2.40. The SMILES string of the molecule is CN=C(NCC(C)N(C)Cc1ccccc1)NC1CC2CCC(C1)N2C(=O)OC(C)(C)C.I.